The Morgan fingerprint density at radius 2 is 1.54 bits per heavy atom. The normalized spacial score (nSPS) is 10.3. The van der Waals surface area contributed by atoms with Gasteiger partial charge in [-0.1, -0.05) is 48.5 Å². The van der Waals surface area contributed by atoms with Crippen molar-refractivity contribution in [1.82, 2.24) is 0 Å². The van der Waals surface area contributed by atoms with Gasteiger partial charge in [0.1, 0.15) is 12.4 Å². The number of amides is 1. The van der Waals surface area contributed by atoms with Crippen molar-refractivity contribution in [2.45, 2.75) is 20.0 Å². The Balaban J connectivity index is 1.45. The van der Waals surface area contributed by atoms with Crippen LogP contribution >= 0.6 is 0 Å². The summed E-state index contributed by atoms with van der Waals surface area (Å²) in [6.07, 6.45) is 0.439. The summed E-state index contributed by atoms with van der Waals surface area (Å²) in [7, 11) is 0. The van der Waals surface area contributed by atoms with E-state index in [1.807, 2.05) is 96.8 Å². The molecule has 3 aromatic carbocycles. The maximum atomic E-state index is 12.5. The van der Waals surface area contributed by atoms with Crippen molar-refractivity contribution >= 4 is 17.3 Å². The van der Waals surface area contributed by atoms with Crippen LogP contribution < -0.4 is 15.0 Å². The molecule has 28 heavy (non-hydrogen) atoms. The van der Waals surface area contributed by atoms with Crippen LogP contribution in [0.5, 0.6) is 5.75 Å². The zero-order valence-corrected chi connectivity index (χ0v) is 16.2. The third kappa shape index (κ3) is 5.61. The van der Waals surface area contributed by atoms with E-state index in [4.69, 9.17) is 4.74 Å². The van der Waals surface area contributed by atoms with Crippen LogP contribution in [0.3, 0.4) is 0 Å². The second kappa shape index (κ2) is 10.2. The molecule has 3 rings (SSSR count). The summed E-state index contributed by atoms with van der Waals surface area (Å²) in [5.74, 6) is 0.940. The molecule has 144 valence electrons. The number of anilines is 2. The molecule has 1 N–H and O–H groups in total. The van der Waals surface area contributed by atoms with Crippen LogP contribution in [0, 0.1) is 0 Å². The lowest BCUT2D eigenvalue weighted by Gasteiger charge is -2.21. The van der Waals surface area contributed by atoms with Crippen LogP contribution in [0.2, 0.25) is 0 Å². The zero-order valence-electron chi connectivity index (χ0n) is 16.2. The van der Waals surface area contributed by atoms with E-state index in [1.54, 1.807) is 0 Å². The highest BCUT2D eigenvalue weighted by molar-refractivity contribution is 5.93. The molecule has 0 aliphatic rings. The monoisotopic (exact) mass is 374 g/mol. The number of nitrogens with zero attached hydrogens (tertiary/aromatic N) is 1. The second-order valence-electron chi connectivity index (χ2n) is 6.45. The Morgan fingerprint density at radius 3 is 2.18 bits per heavy atom. The molecular weight excluding hydrogens is 348 g/mol. The average Bonchev–Trinajstić information content (AvgIpc) is 2.75. The van der Waals surface area contributed by atoms with Crippen molar-refractivity contribution in [3.8, 4) is 5.75 Å². The number of nitrogens with one attached hydrogen (secondary N) is 1. The first kappa shape index (κ1) is 19.5. The first-order valence-corrected chi connectivity index (χ1v) is 9.62. The van der Waals surface area contributed by atoms with E-state index >= 15 is 0 Å². The van der Waals surface area contributed by atoms with Crippen molar-refractivity contribution in [2.75, 3.05) is 23.3 Å². The van der Waals surface area contributed by atoms with E-state index in [0.717, 1.165) is 22.7 Å². The van der Waals surface area contributed by atoms with E-state index < -0.39 is 0 Å². The molecule has 0 radical (unpaired) electrons. The Morgan fingerprint density at radius 1 is 0.893 bits per heavy atom. The molecular formula is C24H26N2O2. The highest BCUT2D eigenvalue weighted by Gasteiger charge is 2.12. The number of carbonyl (C=O) groups excluding carboxylic acids is 1. The van der Waals surface area contributed by atoms with Crippen LogP contribution in [-0.4, -0.2) is 19.0 Å². The maximum Gasteiger partial charge on any atom is 0.228 e. The first-order chi connectivity index (χ1) is 13.8. The van der Waals surface area contributed by atoms with E-state index in [0.29, 0.717) is 26.1 Å². The van der Waals surface area contributed by atoms with Gasteiger partial charge >= 0.3 is 0 Å². The number of benzene rings is 3. The van der Waals surface area contributed by atoms with Crippen LogP contribution in [0.25, 0.3) is 0 Å². The molecule has 0 unspecified atom stereocenters. The van der Waals surface area contributed by atoms with Gasteiger partial charge in [-0.2, -0.15) is 0 Å². The quantitative estimate of drug-likeness (QED) is 0.565. The van der Waals surface area contributed by atoms with Gasteiger partial charge in [0.2, 0.25) is 5.91 Å². The minimum atomic E-state index is 0.115. The molecule has 4 nitrogen and oxygen atoms in total. The Kier molecular flexibility index (Phi) is 7.08. The topological polar surface area (TPSA) is 41.6 Å². The van der Waals surface area contributed by atoms with E-state index in [2.05, 4.69) is 5.32 Å². The fraction of sp³-hybridized carbons (Fsp3) is 0.208. The van der Waals surface area contributed by atoms with Gasteiger partial charge in [0.15, 0.2) is 0 Å². The van der Waals surface area contributed by atoms with Gasteiger partial charge in [0.25, 0.3) is 0 Å². The lowest BCUT2D eigenvalue weighted by Crippen LogP contribution is -2.31. The summed E-state index contributed by atoms with van der Waals surface area (Å²) in [4.78, 5) is 14.3. The van der Waals surface area contributed by atoms with Crippen LogP contribution in [0.4, 0.5) is 11.4 Å². The van der Waals surface area contributed by atoms with Crippen LogP contribution in [-0.2, 0) is 11.4 Å². The third-order valence-corrected chi connectivity index (χ3v) is 4.46. The van der Waals surface area contributed by atoms with Gasteiger partial charge < -0.3 is 15.0 Å². The molecule has 0 bridgehead atoms. The molecule has 0 aliphatic carbocycles. The number of para-hydroxylation sites is 1. The van der Waals surface area contributed by atoms with Crippen molar-refractivity contribution < 1.29 is 9.53 Å². The Hall–Kier alpha value is -3.27. The van der Waals surface area contributed by atoms with E-state index in [9.17, 15) is 4.79 Å². The van der Waals surface area contributed by atoms with Gasteiger partial charge in [-0.25, -0.2) is 0 Å². The summed E-state index contributed by atoms with van der Waals surface area (Å²) >= 11 is 0. The number of hydrogen-bond donors (Lipinski definition) is 1. The average molecular weight is 374 g/mol. The predicted molar refractivity (Wildman–Crippen MR) is 115 cm³/mol. The first-order valence-electron chi connectivity index (χ1n) is 9.62. The number of carbonyl (C=O) groups is 1. The summed E-state index contributed by atoms with van der Waals surface area (Å²) in [5.41, 5.74) is 3.06. The van der Waals surface area contributed by atoms with E-state index in [1.165, 1.54) is 0 Å². The molecule has 0 fully saturated rings. The number of ether oxygens (including phenoxy) is 1. The molecule has 0 heterocycles. The highest BCUT2D eigenvalue weighted by Crippen LogP contribution is 2.18. The predicted octanol–water partition coefficient (Wildman–Crippen LogP) is 5.12. The van der Waals surface area contributed by atoms with Gasteiger partial charge in [-0.3, -0.25) is 4.79 Å². The molecule has 0 saturated carbocycles. The molecule has 4 heteroatoms. The molecule has 3 aromatic rings. The number of hydrogen-bond acceptors (Lipinski definition) is 3. The molecule has 1 amide bonds. The van der Waals surface area contributed by atoms with Crippen molar-refractivity contribution in [1.29, 1.82) is 0 Å². The fourth-order valence-corrected chi connectivity index (χ4v) is 2.97. The SMILES string of the molecule is CCN(C(=O)CCNc1ccc(OCc2ccccc2)cc1)c1ccccc1. The minimum Gasteiger partial charge on any atom is -0.489 e. The zero-order chi connectivity index (χ0) is 19.6. The third-order valence-electron chi connectivity index (χ3n) is 4.46. The lowest BCUT2D eigenvalue weighted by atomic mass is 10.2. The molecule has 0 aliphatic heterocycles. The molecule has 0 saturated heterocycles. The number of rotatable bonds is 9. The van der Waals surface area contributed by atoms with E-state index in [-0.39, 0.29) is 5.91 Å². The minimum absolute atomic E-state index is 0.115. The van der Waals surface area contributed by atoms with Crippen LogP contribution in [0.1, 0.15) is 18.9 Å². The summed E-state index contributed by atoms with van der Waals surface area (Å²) in [5, 5.41) is 3.30. The Labute approximate surface area is 166 Å². The second-order valence-corrected chi connectivity index (χ2v) is 6.45. The molecule has 0 atom stereocenters. The summed E-state index contributed by atoms with van der Waals surface area (Å²) in [6.45, 7) is 3.80. The lowest BCUT2D eigenvalue weighted by molar-refractivity contribution is -0.118. The van der Waals surface area contributed by atoms with Gasteiger partial charge in [-0.15, -0.1) is 0 Å². The van der Waals surface area contributed by atoms with Gasteiger partial charge in [0.05, 0.1) is 0 Å². The summed E-state index contributed by atoms with van der Waals surface area (Å²) < 4.78 is 5.80. The highest BCUT2D eigenvalue weighted by atomic mass is 16.5. The maximum absolute atomic E-state index is 12.5. The fourth-order valence-electron chi connectivity index (χ4n) is 2.97. The standard InChI is InChI=1S/C24H26N2O2/c1-2-26(22-11-7-4-8-12-22)24(27)17-18-25-21-13-15-23(16-14-21)28-19-20-9-5-3-6-10-20/h3-16,25H,2,17-19H2,1H3. The summed E-state index contributed by atoms with van der Waals surface area (Å²) in [6, 6.07) is 27.7. The molecule has 0 aromatic heterocycles. The molecule has 0 spiro atoms. The largest absolute Gasteiger partial charge is 0.489 e. The van der Waals surface area contributed by atoms with Gasteiger partial charge in [-0.05, 0) is 48.9 Å². The Bertz CT molecular complexity index is 849. The van der Waals surface area contributed by atoms with Crippen molar-refractivity contribution in [3.05, 3.63) is 90.5 Å². The van der Waals surface area contributed by atoms with Crippen molar-refractivity contribution in [2.24, 2.45) is 0 Å². The van der Waals surface area contributed by atoms with Crippen LogP contribution in [0.15, 0.2) is 84.9 Å². The smallest absolute Gasteiger partial charge is 0.228 e. The van der Waals surface area contributed by atoms with Gasteiger partial charge in [0, 0.05) is 30.9 Å². The van der Waals surface area contributed by atoms with Crippen molar-refractivity contribution in [3.63, 3.8) is 0 Å².